The van der Waals surface area contributed by atoms with E-state index in [0.29, 0.717) is 23.8 Å². The lowest BCUT2D eigenvalue weighted by Gasteiger charge is -2.39. The molecule has 1 aliphatic heterocycles. The maximum absolute atomic E-state index is 12.2. The van der Waals surface area contributed by atoms with Gasteiger partial charge in [-0.05, 0) is 31.5 Å². The summed E-state index contributed by atoms with van der Waals surface area (Å²) in [6.07, 6.45) is 4.72. The van der Waals surface area contributed by atoms with E-state index in [0.717, 1.165) is 13.0 Å². The molecule has 0 aromatic carbocycles. The number of aromatic nitrogens is 2. The van der Waals surface area contributed by atoms with Gasteiger partial charge in [-0.15, -0.1) is 11.3 Å². The second-order valence-electron chi connectivity index (χ2n) is 5.86. The molecule has 24 heavy (non-hydrogen) atoms. The summed E-state index contributed by atoms with van der Waals surface area (Å²) in [6.45, 7) is 1.33. The van der Waals surface area contributed by atoms with Gasteiger partial charge < -0.3 is 11.1 Å². The van der Waals surface area contributed by atoms with Crippen molar-refractivity contribution < 1.29 is 9.59 Å². The van der Waals surface area contributed by atoms with Gasteiger partial charge in [0.25, 0.3) is 0 Å². The number of primary amides is 1. The van der Waals surface area contributed by atoms with Crippen molar-refractivity contribution in [1.82, 2.24) is 14.9 Å². The molecule has 0 aliphatic carbocycles. The first-order valence-electron chi connectivity index (χ1n) is 7.73. The molecule has 3 heterocycles. The molecule has 8 heteroatoms. The number of pyridine rings is 1. The first-order valence-corrected chi connectivity index (χ1v) is 8.61. The number of carbonyl (C=O) groups excluding carboxylic acids is 2. The first kappa shape index (κ1) is 16.5. The van der Waals surface area contributed by atoms with Crippen LogP contribution in [0, 0.1) is 0 Å². The van der Waals surface area contributed by atoms with Crippen molar-refractivity contribution in [1.29, 1.82) is 0 Å². The number of nitrogens with one attached hydrogen (secondary N) is 1. The highest BCUT2D eigenvalue weighted by molar-refractivity contribution is 7.13. The van der Waals surface area contributed by atoms with Crippen LogP contribution in [0.15, 0.2) is 36.0 Å². The van der Waals surface area contributed by atoms with E-state index >= 15 is 0 Å². The number of thiazole rings is 1. The zero-order chi connectivity index (χ0) is 17.0. The van der Waals surface area contributed by atoms with Gasteiger partial charge in [-0.3, -0.25) is 19.5 Å². The Balaban J connectivity index is 1.72. The molecule has 7 nitrogen and oxygen atoms in total. The van der Waals surface area contributed by atoms with Gasteiger partial charge in [-0.25, -0.2) is 4.98 Å². The molecule has 2 amide bonds. The third-order valence-corrected chi connectivity index (χ3v) is 4.93. The Hall–Kier alpha value is -2.32. The maximum Gasteiger partial charge on any atom is 0.240 e. The lowest BCUT2D eigenvalue weighted by molar-refractivity contribution is -0.127. The zero-order valence-corrected chi connectivity index (χ0v) is 14.0. The molecule has 1 fully saturated rings. The van der Waals surface area contributed by atoms with E-state index in [1.807, 2.05) is 17.0 Å². The molecule has 1 atom stereocenters. The van der Waals surface area contributed by atoms with E-state index in [4.69, 9.17) is 5.73 Å². The number of carbonyl (C=O) groups is 2. The van der Waals surface area contributed by atoms with Crippen LogP contribution in [0.25, 0.3) is 0 Å². The molecular weight excluding hydrogens is 326 g/mol. The Morgan fingerprint density at radius 1 is 1.33 bits per heavy atom. The van der Waals surface area contributed by atoms with E-state index in [-0.39, 0.29) is 12.5 Å². The molecule has 3 N–H and O–H groups in total. The van der Waals surface area contributed by atoms with E-state index in [2.05, 4.69) is 15.3 Å². The first-order chi connectivity index (χ1) is 11.6. The van der Waals surface area contributed by atoms with Crippen molar-refractivity contribution in [2.24, 2.45) is 5.73 Å². The van der Waals surface area contributed by atoms with E-state index in [1.165, 1.54) is 11.3 Å². The summed E-state index contributed by atoms with van der Waals surface area (Å²) in [5, 5.41) is 5.13. The monoisotopic (exact) mass is 345 g/mol. The average Bonchev–Trinajstić information content (AvgIpc) is 3.08. The number of nitrogens with two attached hydrogens (primary N) is 1. The van der Waals surface area contributed by atoms with Crippen molar-refractivity contribution in [3.8, 4) is 0 Å². The van der Waals surface area contributed by atoms with Crippen molar-refractivity contribution in [2.75, 3.05) is 25.0 Å². The van der Waals surface area contributed by atoms with Crippen molar-refractivity contribution >= 4 is 28.3 Å². The predicted molar refractivity (Wildman–Crippen MR) is 91.5 cm³/mol. The van der Waals surface area contributed by atoms with Gasteiger partial charge >= 0.3 is 0 Å². The number of hydrogen-bond acceptors (Lipinski definition) is 6. The largest absolute Gasteiger partial charge is 0.369 e. The number of rotatable bonds is 5. The molecular formula is C16H19N5O2S. The molecule has 0 spiro atoms. The van der Waals surface area contributed by atoms with Crippen molar-refractivity contribution in [3.05, 3.63) is 41.7 Å². The summed E-state index contributed by atoms with van der Waals surface area (Å²) in [6, 6.07) is 5.48. The fraction of sp³-hybridized carbons (Fsp3) is 0.375. The summed E-state index contributed by atoms with van der Waals surface area (Å²) in [4.78, 5) is 34.7. The number of hydrogen-bond donors (Lipinski definition) is 2. The van der Waals surface area contributed by atoms with Crippen LogP contribution in [0.3, 0.4) is 0 Å². The summed E-state index contributed by atoms with van der Waals surface area (Å²) in [5.74, 6) is -0.544. The number of amides is 2. The normalized spacial score (nSPS) is 21.3. The van der Waals surface area contributed by atoms with Crippen LogP contribution in [0.4, 0.5) is 5.13 Å². The minimum Gasteiger partial charge on any atom is -0.369 e. The lowest BCUT2D eigenvalue weighted by atomic mass is 9.76. The molecule has 0 bridgehead atoms. The minimum atomic E-state index is -0.846. The van der Waals surface area contributed by atoms with Crippen LogP contribution in [0.2, 0.25) is 0 Å². The van der Waals surface area contributed by atoms with Gasteiger partial charge in [0.15, 0.2) is 5.13 Å². The van der Waals surface area contributed by atoms with Gasteiger partial charge in [0.05, 0.1) is 12.2 Å². The molecule has 1 saturated heterocycles. The molecule has 0 radical (unpaired) electrons. The van der Waals surface area contributed by atoms with Crippen LogP contribution in [-0.4, -0.2) is 46.3 Å². The third kappa shape index (κ3) is 3.44. The molecule has 0 saturated carbocycles. The maximum atomic E-state index is 12.2. The fourth-order valence-electron chi connectivity index (χ4n) is 3.11. The second kappa shape index (κ2) is 7.06. The fourth-order valence-corrected chi connectivity index (χ4v) is 3.65. The summed E-state index contributed by atoms with van der Waals surface area (Å²) < 4.78 is 0. The van der Waals surface area contributed by atoms with Crippen molar-refractivity contribution in [3.63, 3.8) is 0 Å². The highest BCUT2D eigenvalue weighted by Crippen LogP contribution is 2.32. The number of nitrogens with zero attached hydrogens (tertiary/aromatic N) is 3. The smallest absolute Gasteiger partial charge is 0.240 e. The Bertz CT molecular complexity index is 707. The van der Waals surface area contributed by atoms with Crippen LogP contribution >= 0.6 is 11.3 Å². The van der Waals surface area contributed by atoms with Gasteiger partial charge in [0, 0.05) is 24.3 Å². The molecule has 2 aromatic heterocycles. The zero-order valence-electron chi connectivity index (χ0n) is 13.1. The number of anilines is 1. The summed E-state index contributed by atoms with van der Waals surface area (Å²) in [7, 11) is 0. The molecule has 126 valence electrons. The molecule has 2 aromatic rings. The third-order valence-electron chi connectivity index (χ3n) is 4.24. The minimum absolute atomic E-state index is 0.147. The summed E-state index contributed by atoms with van der Waals surface area (Å²) in [5.41, 5.74) is 5.55. The van der Waals surface area contributed by atoms with Gasteiger partial charge in [0.2, 0.25) is 11.8 Å². The van der Waals surface area contributed by atoms with Gasteiger partial charge in [-0.2, -0.15) is 0 Å². The lowest BCUT2D eigenvalue weighted by Crippen LogP contribution is -2.55. The van der Waals surface area contributed by atoms with Crippen LogP contribution in [0.5, 0.6) is 0 Å². The van der Waals surface area contributed by atoms with Crippen LogP contribution in [-0.2, 0) is 15.0 Å². The highest BCUT2D eigenvalue weighted by Gasteiger charge is 2.43. The standard InChI is InChI=1S/C16H19N5O2S/c17-14(23)16(12-4-1-2-6-18-12)5-3-8-21(11-16)10-13(22)20-15-19-7-9-24-15/h1-2,4,6-7,9H,3,5,8,10-11H2,(H2,17,23)(H,19,20,22)/t16-/m0/s1. The van der Waals surface area contributed by atoms with Crippen molar-refractivity contribution in [2.45, 2.75) is 18.3 Å². The van der Waals surface area contributed by atoms with Gasteiger partial charge in [0.1, 0.15) is 5.41 Å². The van der Waals surface area contributed by atoms with Crippen LogP contribution < -0.4 is 11.1 Å². The van der Waals surface area contributed by atoms with Gasteiger partial charge in [-0.1, -0.05) is 6.07 Å². The number of likely N-dealkylation sites (tertiary alicyclic amines) is 1. The van der Waals surface area contributed by atoms with Crippen LogP contribution in [0.1, 0.15) is 18.5 Å². The Morgan fingerprint density at radius 3 is 2.88 bits per heavy atom. The Morgan fingerprint density at radius 2 is 2.21 bits per heavy atom. The summed E-state index contributed by atoms with van der Waals surface area (Å²) >= 11 is 1.37. The molecule has 0 unspecified atom stereocenters. The topological polar surface area (TPSA) is 101 Å². The van der Waals surface area contributed by atoms with E-state index < -0.39 is 11.3 Å². The predicted octanol–water partition coefficient (Wildman–Crippen LogP) is 0.996. The molecule has 1 aliphatic rings. The second-order valence-corrected chi connectivity index (χ2v) is 6.76. The SMILES string of the molecule is NC(=O)[C@@]1(c2ccccn2)CCCN(CC(=O)Nc2nccs2)C1. The number of piperidine rings is 1. The Labute approximate surface area is 143 Å². The van der Waals surface area contributed by atoms with E-state index in [9.17, 15) is 9.59 Å². The Kier molecular flexibility index (Phi) is 4.86. The van der Waals surface area contributed by atoms with E-state index in [1.54, 1.807) is 23.8 Å². The highest BCUT2D eigenvalue weighted by atomic mass is 32.1. The quantitative estimate of drug-likeness (QED) is 0.842. The molecule has 3 rings (SSSR count). The average molecular weight is 345 g/mol.